The molecule has 0 unspecified atom stereocenters. The molecule has 10 heteroatoms. The Bertz CT molecular complexity index is 945. The Morgan fingerprint density at radius 3 is 2.96 bits per heavy atom. The zero-order valence-electron chi connectivity index (χ0n) is 13.9. The fourth-order valence-electron chi connectivity index (χ4n) is 2.40. The number of hydrogen-bond donors (Lipinski definition) is 5. The van der Waals surface area contributed by atoms with Crippen LogP contribution >= 0.6 is 11.8 Å². The minimum atomic E-state index is -1.17. The average molecular weight is 374 g/mol. The number of aromatic amines is 1. The number of nitrogen functional groups attached to an aromatic ring is 1. The van der Waals surface area contributed by atoms with Crippen molar-refractivity contribution in [2.24, 2.45) is 0 Å². The Morgan fingerprint density at radius 2 is 2.23 bits per heavy atom. The molecule has 0 radical (unpaired) electrons. The lowest BCUT2D eigenvalue weighted by Crippen LogP contribution is -2.21. The predicted octanol–water partition coefficient (Wildman–Crippen LogP) is 2.32. The van der Waals surface area contributed by atoms with Crippen LogP contribution in [0.3, 0.4) is 0 Å². The summed E-state index contributed by atoms with van der Waals surface area (Å²) >= 11 is 1.50. The summed E-state index contributed by atoms with van der Waals surface area (Å²) in [6.45, 7) is 2.02. The third-order valence-electron chi connectivity index (χ3n) is 3.78. The van der Waals surface area contributed by atoms with Gasteiger partial charge in [0.2, 0.25) is 5.95 Å². The number of nitrogens with two attached hydrogens (primary N) is 1. The van der Waals surface area contributed by atoms with Crippen molar-refractivity contribution >= 4 is 40.5 Å². The van der Waals surface area contributed by atoms with E-state index in [4.69, 9.17) is 10.8 Å². The van der Waals surface area contributed by atoms with E-state index in [-0.39, 0.29) is 23.3 Å². The molecule has 2 aromatic heterocycles. The number of anilines is 2. The van der Waals surface area contributed by atoms with Gasteiger partial charge >= 0.3 is 5.97 Å². The number of aromatic nitrogens is 4. The summed E-state index contributed by atoms with van der Waals surface area (Å²) in [5, 5.41) is 22.7. The first-order valence-electron chi connectivity index (χ1n) is 7.90. The van der Waals surface area contributed by atoms with Crippen LogP contribution < -0.4 is 11.1 Å². The molecular weight excluding hydrogens is 356 g/mol. The van der Waals surface area contributed by atoms with E-state index >= 15 is 0 Å². The average Bonchev–Trinajstić information content (AvgIpc) is 3.07. The van der Waals surface area contributed by atoms with Crippen LogP contribution in [0.4, 0.5) is 11.6 Å². The molecule has 0 fully saturated rings. The molecule has 3 aromatic rings. The molecule has 136 valence electrons. The maximum Gasteiger partial charge on any atom is 0.339 e. The Morgan fingerprint density at radius 1 is 1.42 bits per heavy atom. The topological polar surface area (TPSA) is 150 Å². The van der Waals surface area contributed by atoms with Gasteiger partial charge in [-0.1, -0.05) is 6.92 Å². The van der Waals surface area contributed by atoms with E-state index in [9.17, 15) is 9.90 Å². The van der Waals surface area contributed by atoms with E-state index in [0.717, 1.165) is 11.9 Å². The first-order valence-corrected chi connectivity index (χ1v) is 8.88. The molecule has 0 spiro atoms. The summed E-state index contributed by atoms with van der Waals surface area (Å²) in [6, 6.07) is 4.48. The fraction of sp³-hybridized carbons (Fsp3) is 0.250. The van der Waals surface area contributed by atoms with Crippen molar-refractivity contribution in [3.63, 3.8) is 0 Å². The van der Waals surface area contributed by atoms with Crippen LogP contribution in [-0.4, -0.2) is 47.9 Å². The van der Waals surface area contributed by atoms with E-state index in [1.807, 2.05) is 6.92 Å². The van der Waals surface area contributed by atoms with Gasteiger partial charge in [-0.3, -0.25) is 0 Å². The second kappa shape index (κ2) is 7.48. The van der Waals surface area contributed by atoms with Gasteiger partial charge in [0.1, 0.15) is 21.9 Å². The molecule has 0 bridgehead atoms. The van der Waals surface area contributed by atoms with Crippen LogP contribution in [0.25, 0.3) is 11.2 Å². The number of carboxylic acids is 1. The quantitative estimate of drug-likeness (QED) is 0.238. The van der Waals surface area contributed by atoms with Crippen LogP contribution in [0.5, 0.6) is 5.75 Å². The number of imidazole rings is 1. The van der Waals surface area contributed by atoms with E-state index < -0.39 is 5.97 Å². The number of nitrogens with one attached hydrogen (secondary N) is 2. The van der Waals surface area contributed by atoms with Crippen molar-refractivity contribution < 1.29 is 15.0 Å². The number of aromatic carboxylic acids is 1. The lowest BCUT2D eigenvalue weighted by molar-refractivity contribution is 0.0694. The highest BCUT2D eigenvalue weighted by Gasteiger charge is 2.15. The number of thioether (sulfide) groups is 1. The Kier molecular flexibility index (Phi) is 5.12. The lowest BCUT2D eigenvalue weighted by atomic mass is 10.1. The van der Waals surface area contributed by atoms with E-state index in [0.29, 0.717) is 22.1 Å². The molecule has 9 nitrogen and oxygen atoms in total. The predicted molar refractivity (Wildman–Crippen MR) is 99.6 cm³/mol. The van der Waals surface area contributed by atoms with Gasteiger partial charge in [0.05, 0.1) is 6.33 Å². The number of phenols is 1. The van der Waals surface area contributed by atoms with Crippen LogP contribution in [0.2, 0.25) is 0 Å². The van der Waals surface area contributed by atoms with Crippen molar-refractivity contribution in [2.75, 3.05) is 16.8 Å². The van der Waals surface area contributed by atoms with Gasteiger partial charge in [0.25, 0.3) is 0 Å². The molecule has 0 aliphatic carbocycles. The largest absolute Gasteiger partial charge is 0.507 e. The zero-order chi connectivity index (χ0) is 18.7. The highest BCUT2D eigenvalue weighted by Crippen LogP contribution is 2.27. The third-order valence-corrected chi connectivity index (χ3v) is 4.92. The number of carboxylic acid groups (broad SMARTS) is 1. The van der Waals surface area contributed by atoms with Gasteiger partial charge in [0, 0.05) is 17.5 Å². The summed E-state index contributed by atoms with van der Waals surface area (Å²) in [5.41, 5.74) is 7.46. The number of hydrogen-bond acceptors (Lipinski definition) is 8. The summed E-state index contributed by atoms with van der Waals surface area (Å²) in [6.07, 6.45) is 2.35. The van der Waals surface area contributed by atoms with Gasteiger partial charge in [-0.2, -0.15) is 4.98 Å². The number of carbonyl (C=O) groups is 1. The molecule has 1 aromatic carbocycles. The number of H-pyrrole nitrogens is 1. The SMILES string of the molecule is CC[C@@H](CSc1nc(N)nc2nc[nH]c12)Nc1ccc(O)c(C(=O)O)c1. The van der Waals surface area contributed by atoms with E-state index in [2.05, 4.69) is 25.3 Å². The zero-order valence-corrected chi connectivity index (χ0v) is 14.7. The van der Waals surface area contributed by atoms with Gasteiger partial charge in [0.15, 0.2) is 5.65 Å². The standard InChI is InChI=1S/C16H18N6O3S/c1-2-8(20-9-3-4-11(23)10(5-9)15(24)25)6-26-14-12-13(19-7-18-12)21-16(17)22-14/h3-5,7-8,20,23H,2,6H2,1H3,(H,24,25)(H3,17,18,19,21,22)/t8-/m0/s1. The van der Waals surface area contributed by atoms with Crippen LogP contribution in [0.1, 0.15) is 23.7 Å². The maximum atomic E-state index is 11.1. The molecule has 1 atom stereocenters. The van der Waals surface area contributed by atoms with Crippen molar-refractivity contribution in [2.45, 2.75) is 24.4 Å². The van der Waals surface area contributed by atoms with Crippen molar-refractivity contribution in [1.82, 2.24) is 19.9 Å². The highest BCUT2D eigenvalue weighted by molar-refractivity contribution is 7.99. The number of fused-ring (bicyclic) bond motifs is 1. The Labute approximate surface area is 153 Å². The lowest BCUT2D eigenvalue weighted by Gasteiger charge is -2.18. The molecule has 26 heavy (non-hydrogen) atoms. The molecule has 0 saturated heterocycles. The number of benzene rings is 1. The molecule has 3 rings (SSSR count). The summed E-state index contributed by atoms with van der Waals surface area (Å²) in [4.78, 5) is 26.6. The van der Waals surface area contributed by atoms with Crippen LogP contribution in [-0.2, 0) is 0 Å². The second-order valence-corrected chi connectivity index (χ2v) is 6.59. The normalized spacial score (nSPS) is 12.2. The Balaban J connectivity index is 1.73. The number of aromatic hydroxyl groups is 1. The van der Waals surface area contributed by atoms with Gasteiger partial charge in [-0.25, -0.2) is 14.8 Å². The maximum absolute atomic E-state index is 11.1. The molecule has 0 amide bonds. The van der Waals surface area contributed by atoms with Crippen molar-refractivity contribution in [1.29, 1.82) is 0 Å². The highest BCUT2D eigenvalue weighted by atomic mass is 32.2. The summed E-state index contributed by atoms with van der Waals surface area (Å²) < 4.78 is 0. The first kappa shape index (κ1) is 17.8. The van der Waals surface area contributed by atoms with Crippen LogP contribution in [0, 0.1) is 0 Å². The first-order chi connectivity index (χ1) is 12.5. The minimum Gasteiger partial charge on any atom is -0.507 e. The molecule has 0 aliphatic heterocycles. The van der Waals surface area contributed by atoms with Gasteiger partial charge in [-0.05, 0) is 24.6 Å². The smallest absolute Gasteiger partial charge is 0.339 e. The van der Waals surface area contributed by atoms with E-state index in [1.165, 1.54) is 23.9 Å². The van der Waals surface area contributed by atoms with Gasteiger partial charge in [-0.15, -0.1) is 11.8 Å². The van der Waals surface area contributed by atoms with E-state index in [1.54, 1.807) is 12.4 Å². The van der Waals surface area contributed by atoms with Crippen molar-refractivity contribution in [3.05, 3.63) is 30.1 Å². The van der Waals surface area contributed by atoms with Crippen molar-refractivity contribution in [3.8, 4) is 5.75 Å². The molecular formula is C16H18N6O3S. The molecule has 0 aliphatic rings. The second-order valence-electron chi connectivity index (χ2n) is 5.59. The van der Waals surface area contributed by atoms with Gasteiger partial charge < -0.3 is 26.2 Å². The Hall–Kier alpha value is -3.01. The third kappa shape index (κ3) is 3.80. The summed E-state index contributed by atoms with van der Waals surface area (Å²) in [7, 11) is 0. The number of nitrogens with zero attached hydrogens (tertiary/aromatic N) is 3. The minimum absolute atomic E-state index is 0.0559. The summed E-state index contributed by atoms with van der Waals surface area (Å²) in [5.74, 6) is -0.599. The van der Waals surface area contributed by atoms with Crippen LogP contribution in [0.15, 0.2) is 29.6 Å². The fourth-order valence-corrected chi connectivity index (χ4v) is 3.53. The molecule has 2 heterocycles. The molecule has 6 N–H and O–H groups in total. The monoisotopic (exact) mass is 374 g/mol. The molecule has 0 saturated carbocycles. The number of rotatable bonds is 7.